The molecule has 1 rings (SSSR count). The van der Waals surface area contributed by atoms with Gasteiger partial charge in [0.1, 0.15) is 6.10 Å². The number of hydrogen-bond acceptors (Lipinski definition) is 7. The topological polar surface area (TPSA) is 154 Å². The standard InChI is InChI=1S/C30H59N3O6/c1-27(2,3)17-29(7,8)23(36)15-22(35)20(32-26(39)33-30(9,10)18-28(4,5)6)16-31-19-13-11-12-14-21(34)25(38)24(19)37/h11-12,19-25,31,34-38H,13-18H2,1-10H3,(H2,32,33,39). The molecule has 2 amide bonds. The first-order valence-corrected chi connectivity index (χ1v) is 14.4. The van der Waals surface area contributed by atoms with Crippen LogP contribution in [0.1, 0.15) is 101 Å². The average molecular weight is 558 g/mol. The van der Waals surface area contributed by atoms with Crippen LogP contribution in [-0.2, 0) is 0 Å². The second kappa shape index (κ2) is 14.1. The van der Waals surface area contributed by atoms with Crippen LogP contribution in [-0.4, -0.2) is 86.3 Å². The van der Waals surface area contributed by atoms with Crippen LogP contribution < -0.4 is 16.0 Å². The fourth-order valence-corrected chi connectivity index (χ4v) is 6.07. The van der Waals surface area contributed by atoms with Gasteiger partial charge in [-0.05, 0) is 55.8 Å². The normalized spacial score (nSPS) is 25.8. The number of carbonyl (C=O) groups excluding carboxylic acids is 1. The van der Waals surface area contributed by atoms with E-state index in [0.717, 1.165) is 12.8 Å². The van der Waals surface area contributed by atoms with Crippen LogP contribution in [0.15, 0.2) is 12.2 Å². The zero-order valence-corrected chi connectivity index (χ0v) is 26.1. The molecule has 0 spiro atoms. The van der Waals surface area contributed by atoms with Crippen molar-refractivity contribution in [3.8, 4) is 0 Å². The summed E-state index contributed by atoms with van der Waals surface area (Å²) in [5.41, 5.74) is -0.983. The predicted molar refractivity (Wildman–Crippen MR) is 156 cm³/mol. The van der Waals surface area contributed by atoms with Crippen LogP contribution in [0.3, 0.4) is 0 Å². The summed E-state index contributed by atoms with van der Waals surface area (Å²) >= 11 is 0. The lowest BCUT2D eigenvalue weighted by molar-refractivity contribution is -0.0725. The highest BCUT2D eigenvalue weighted by Crippen LogP contribution is 2.37. The summed E-state index contributed by atoms with van der Waals surface area (Å²) in [6, 6.07) is -1.84. The van der Waals surface area contributed by atoms with Gasteiger partial charge in [-0.2, -0.15) is 0 Å². The van der Waals surface area contributed by atoms with Crippen LogP contribution in [0, 0.1) is 16.2 Å². The Morgan fingerprint density at radius 2 is 1.38 bits per heavy atom. The van der Waals surface area contributed by atoms with Crippen molar-refractivity contribution in [3.63, 3.8) is 0 Å². The molecular formula is C30H59N3O6. The molecule has 0 heterocycles. The molecule has 0 bridgehead atoms. The van der Waals surface area contributed by atoms with Gasteiger partial charge in [0.05, 0.1) is 30.5 Å². The van der Waals surface area contributed by atoms with E-state index >= 15 is 0 Å². The van der Waals surface area contributed by atoms with Gasteiger partial charge in [-0.25, -0.2) is 4.79 Å². The quantitative estimate of drug-likeness (QED) is 0.182. The molecule has 0 aliphatic heterocycles. The van der Waals surface area contributed by atoms with Crippen molar-refractivity contribution in [1.82, 2.24) is 16.0 Å². The van der Waals surface area contributed by atoms with E-state index in [1.54, 1.807) is 6.08 Å². The maximum absolute atomic E-state index is 13.1. The summed E-state index contributed by atoms with van der Waals surface area (Å²) in [5, 5.41) is 62.5. The summed E-state index contributed by atoms with van der Waals surface area (Å²) in [7, 11) is 0. The van der Waals surface area contributed by atoms with Gasteiger partial charge < -0.3 is 41.5 Å². The second-order valence-electron chi connectivity index (χ2n) is 15.4. The SMILES string of the molecule is CC(C)(C)CC(C)(C)NC(=O)NC(CNC1CC=CCC(O)C(O)C1O)C(O)CC(O)C(C)(C)CC(C)(C)C. The Kier molecular flexibility index (Phi) is 12.9. The van der Waals surface area contributed by atoms with Gasteiger partial charge in [-0.15, -0.1) is 0 Å². The zero-order valence-electron chi connectivity index (χ0n) is 26.1. The average Bonchev–Trinajstić information content (AvgIpc) is 2.71. The Bertz CT molecular complexity index is 787. The Hall–Kier alpha value is -1.23. The molecule has 0 fully saturated rings. The van der Waals surface area contributed by atoms with Crippen molar-refractivity contribution in [2.45, 2.75) is 149 Å². The van der Waals surface area contributed by atoms with Crippen LogP contribution >= 0.6 is 0 Å². The number of nitrogens with one attached hydrogen (secondary N) is 3. The van der Waals surface area contributed by atoms with Gasteiger partial charge in [0.25, 0.3) is 0 Å². The minimum Gasteiger partial charge on any atom is -0.392 e. The lowest BCUT2D eigenvalue weighted by atomic mass is 9.71. The number of aliphatic hydroxyl groups is 5. The van der Waals surface area contributed by atoms with E-state index in [0.29, 0.717) is 6.42 Å². The van der Waals surface area contributed by atoms with Crippen LogP contribution in [0.5, 0.6) is 0 Å². The molecule has 9 heteroatoms. The van der Waals surface area contributed by atoms with E-state index in [9.17, 15) is 30.3 Å². The Balaban J connectivity index is 3.07. The molecule has 0 saturated heterocycles. The van der Waals surface area contributed by atoms with Crippen molar-refractivity contribution in [2.75, 3.05) is 6.54 Å². The molecule has 0 radical (unpaired) electrons. The Morgan fingerprint density at radius 1 is 0.846 bits per heavy atom. The third kappa shape index (κ3) is 13.3. The van der Waals surface area contributed by atoms with Crippen LogP contribution in [0.4, 0.5) is 4.79 Å². The van der Waals surface area contributed by atoms with Crippen molar-refractivity contribution in [2.24, 2.45) is 16.2 Å². The monoisotopic (exact) mass is 557 g/mol. The summed E-state index contributed by atoms with van der Waals surface area (Å²) in [5.74, 6) is 0. The summed E-state index contributed by atoms with van der Waals surface area (Å²) < 4.78 is 0. The predicted octanol–water partition coefficient (Wildman–Crippen LogP) is 2.83. The Labute approximate surface area is 236 Å². The van der Waals surface area contributed by atoms with E-state index < -0.39 is 59.6 Å². The fourth-order valence-electron chi connectivity index (χ4n) is 6.07. The first-order valence-electron chi connectivity index (χ1n) is 14.4. The molecule has 0 aromatic carbocycles. The third-order valence-corrected chi connectivity index (χ3v) is 7.25. The van der Waals surface area contributed by atoms with Crippen molar-refractivity contribution < 1.29 is 30.3 Å². The summed E-state index contributed by atoms with van der Waals surface area (Å²) in [4.78, 5) is 13.1. The number of aliphatic hydroxyl groups excluding tert-OH is 5. The molecule has 1 aliphatic rings. The molecule has 9 nitrogen and oxygen atoms in total. The van der Waals surface area contributed by atoms with Gasteiger partial charge in [0, 0.05) is 24.5 Å². The molecular weight excluding hydrogens is 498 g/mol. The highest BCUT2D eigenvalue weighted by atomic mass is 16.4. The van der Waals surface area contributed by atoms with Gasteiger partial charge in [-0.1, -0.05) is 67.5 Å². The first-order chi connectivity index (χ1) is 17.5. The zero-order chi connectivity index (χ0) is 30.4. The molecule has 0 saturated carbocycles. The highest BCUT2D eigenvalue weighted by Gasteiger charge is 2.37. The summed E-state index contributed by atoms with van der Waals surface area (Å²) in [6.45, 7) is 20.6. The van der Waals surface area contributed by atoms with Crippen molar-refractivity contribution in [1.29, 1.82) is 0 Å². The molecule has 39 heavy (non-hydrogen) atoms. The minimum atomic E-state index is -1.33. The molecule has 8 N–H and O–H groups in total. The van der Waals surface area contributed by atoms with Crippen molar-refractivity contribution >= 4 is 6.03 Å². The highest BCUT2D eigenvalue weighted by molar-refractivity contribution is 5.75. The second-order valence-corrected chi connectivity index (χ2v) is 15.4. The van der Waals surface area contributed by atoms with E-state index in [1.165, 1.54) is 0 Å². The maximum atomic E-state index is 13.1. The van der Waals surface area contributed by atoms with Gasteiger partial charge in [0.15, 0.2) is 0 Å². The van der Waals surface area contributed by atoms with Crippen LogP contribution in [0.25, 0.3) is 0 Å². The maximum Gasteiger partial charge on any atom is 0.315 e. The van der Waals surface area contributed by atoms with Gasteiger partial charge in [0.2, 0.25) is 0 Å². The number of rotatable bonds is 11. The number of hydrogen-bond donors (Lipinski definition) is 8. The molecule has 230 valence electrons. The van der Waals surface area contributed by atoms with Gasteiger partial charge in [-0.3, -0.25) is 0 Å². The lowest BCUT2D eigenvalue weighted by Gasteiger charge is -2.39. The largest absolute Gasteiger partial charge is 0.392 e. The number of urea groups is 1. The van der Waals surface area contributed by atoms with E-state index in [2.05, 4.69) is 57.5 Å². The van der Waals surface area contributed by atoms with E-state index in [-0.39, 0.29) is 30.2 Å². The number of carbonyl (C=O) groups is 1. The van der Waals surface area contributed by atoms with E-state index in [1.807, 2.05) is 33.8 Å². The molecule has 7 unspecified atom stereocenters. The number of amides is 2. The van der Waals surface area contributed by atoms with Crippen molar-refractivity contribution in [3.05, 3.63) is 12.2 Å². The first kappa shape index (κ1) is 35.8. The molecule has 0 aromatic rings. The Morgan fingerprint density at radius 3 is 1.92 bits per heavy atom. The molecule has 1 aliphatic carbocycles. The van der Waals surface area contributed by atoms with Gasteiger partial charge >= 0.3 is 6.03 Å². The fraction of sp³-hybridized carbons (Fsp3) is 0.900. The molecule has 0 aromatic heterocycles. The van der Waals surface area contributed by atoms with E-state index in [4.69, 9.17) is 0 Å². The smallest absolute Gasteiger partial charge is 0.315 e. The third-order valence-electron chi connectivity index (χ3n) is 7.25. The molecule has 7 atom stereocenters. The van der Waals surface area contributed by atoms with Crippen LogP contribution in [0.2, 0.25) is 0 Å². The lowest BCUT2D eigenvalue weighted by Crippen LogP contribution is -2.59. The minimum absolute atomic E-state index is 0.00669. The summed E-state index contributed by atoms with van der Waals surface area (Å²) in [6.07, 6.45) is 0.220.